The molecule has 0 radical (unpaired) electrons. The summed E-state index contributed by atoms with van der Waals surface area (Å²) in [5.74, 6) is 0.0686. The molecule has 0 spiro atoms. The average Bonchev–Trinajstić information content (AvgIpc) is 3.26. The maximum absolute atomic E-state index is 13.3. The highest BCUT2D eigenvalue weighted by Crippen LogP contribution is 2.37. The Morgan fingerprint density at radius 1 is 1.18 bits per heavy atom. The topological polar surface area (TPSA) is 58.4 Å². The number of aliphatic hydroxyl groups excluding tert-OH is 1. The second-order valence-electron chi connectivity index (χ2n) is 8.16. The summed E-state index contributed by atoms with van der Waals surface area (Å²) in [6.45, 7) is 0.601. The maximum Gasteiger partial charge on any atom is 0.254 e. The monoisotopic (exact) mass is 375 g/mol. The summed E-state index contributed by atoms with van der Waals surface area (Å²) in [5, 5.41) is 17.1. The van der Waals surface area contributed by atoms with E-state index in [1.807, 2.05) is 35.1 Å². The van der Waals surface area contributed by atoms with Crippen LogP contribution in [0.1, 0.15) is 52.7 Å². The zero-order chi connectivity index (χ0) is 19.3. The standard InChI is InChI=1S/C23H25N3O2/c1-25-13-15(12-24-25)10-16-11-19-20(18-7-3-2-6-17(16)18)14-26(23(19)28)21-8-4-5-9-22(21)27/h2-3,6-7,11-13,21-22,27H,4-5,8-10,14H2,1H3. The number of carbonyl (C=O) groups is 1. The molecular weight excluding hydrogens is 350 g/mol. The molecule has 1 saturated carbocycles. The molecule has 1 aromatic heterocycles. The quantitative estimate of drug-likeness (QED) is 0.763. The summed E-state index contributed by atoms with van der Waals surface area (Å²) >= 11 is 0. The molecule has 1 fully saturated rings. The number of nitrogens with zero attached hydrogens (tertiary/aromatic N) is 3. The van der Waals surface area contributed by atoms with E-state index in [-0.39, 0.29) is 11.9 Å². The zero-order valence-corrected chi connectivity index (χ0v) is 16.1. The first-order valence-corrected chi connectivity index (χ1v) is 10.1. The van der Waals surface area contributed by atoms with Crippen molar-refractivity contribution in [2.45, 2.75) is 50.8 Å². The molecule has 144 valence electrons. The van der Waals surface area contributed by atoms with Crippen molar-refractivity contribution in [2.75, 3.05) is 0 Å². The van der Waals surface area contributed by atoms with Gasteiger partial charge in [0.15, 0.2) is 0 Å². The Hall–Kier alpha value is -2.66. The van der Waals surface area contributed by atoms with Gasteiger partial charge in [-0.2, -0.15) is 5.10 Å². The summed E-state index contributed by atoms with van der Waals surface area (Å²) in [7, 11) is 1.92. The van der Waals surface area contributed by atoms with Crippen molar-refractivity contribution in [2.24, 2.45) is 7.05 Å². The lowest BCUT2D eigenvalue weighted by Crippen LogP contribution is -2.45. The normalized spacial score (nSPS) is 22.1. The molecule has 0 bridgehead atoms. The third-order valence-electron chi connectivity index (χ3n) is 6.31. The van der Waals surface area contributed by atoms with E-state index < -0.39 is 6.10 Å². The average molecular weight is 375 g/mol. The van der Waals surface area contributed by atoms with Gasteiger partial charge < -0.3 is 10.0 Å². The molecule has 2 aliphatic rings. The molecule has 5 heteroatoms. The number of amides is 1. The number of aryl methyl sites for hydroxylation is 1. The van der Waals surface area contributed by atoms with Crippen LogP contribution in [0.15, 0.2) is 42.7 Å². The smallest absolute Gasteiger partial charge is 0.254 e. The fraction of sp³-hybridized carbons (Fsp3) is 0.391. The molecular formula is C23H25N3O2. The van der Waals surface area contributed by atoms with Gasteiger partial charge in [-0.3, -0.25) is 9.48 Å². The van der Waals surface area contributed by atoms with Crippen molar-refractivity contribution in [1.29, 1.82) is 0 Å². The Kier molecular flexibility index (Phi) is 4.20. The van der Waals surface area contributed by atoms with E-state index in [0.717, 1.165) is 59.7 Å². The van der Waals surface area contributed by atoms with Crippen molar-refractivity contribution in [3.05, 3.63) is 65.0 Å². The summed E-state index contributed by atoms with van der Waals surface area (Å²) in [6.07, 6.45) is 8.05. The number of aromatic nitrogens is 2. The van der Waals surface area contributed by atoms with Crippen LogP contribution in [0.2, 0.25) is 0 Å². The number of carbonyl (C=O) groups excluding carboxylic acids is 1. The lowest BCUT2D eigenvalue weighted by atomic mass is 9.91. The first-order chi connectivity index (χ1) is 13.6. The van der Waals surface area contributed by atoms with Gasteiger partial charge in [0.2, 0.25) is 0 Å². The highest BCUT2D eigenvalue weighted by atomic mass is 16.3. The highest BCUT2D eigenvalue weighted by molar-refractivity contribution is 6.05. The minimum atomic E-state index is -0.409. The van der Waals surface area contributed by atoms with E-state index in [0.29, 0.717) is 6.54 Å². The number of rotatable bonds is 3. The molecule has 2 atom stereocenters. The van der Waals surface area contributed by atoms with Crippen LogP contribution in [-0.4, -0.2) is 37.8 Å². The fourth-order valence-electron chi connectivity index (χ4n) is 4.92. The van der Waals surface area contributed by atoms with Crippen LogP contribution in [0.5, 0.6) is 0 Å². The Morgan fingerprint density at radius 2 is 1.96 bits per heavy atom. The largest absolute Gasteiger partial charge is 0.391 e. The van der Waals surface area contributed by atoms with Gasteiger partial charge in [0, 0.05) is 31.8 Å². The van der Waals surface area contributed by atoms with Gasteiger partial charge in [-0.15, -0.1) is 0 Å². The SMILES string of the molecule is Cn1cc(Cc2cc3c(c4ccccc24)CN(C2CCCCC2O)C3=O)cn1. The van der Waals surface area contributed by atoms with Gasteiger partial charge in [0.05, 0.1) is 18.3 Å². The molecule has 1 amide bonds. The van der Waals surface area contributed by atoms with Crippen molar-refractivity contribution in [1.82, 2.24) is 14.7 Å². The van der Waals surface area contributed by atoms with Crippen LogP contribution in [0.4, 0.5) is 0 Å². The molecule has 1 N–H and O–H groups in total. The minimum absolute atomic E-state index is 0.0609. The van der Waals surface area contributed by atoms with Crippen LogP contribution in [0.3, 0.4) is 0 Å². The molecule has 1 aliphatic carbocycles. The van der Waals surface area contributed by atoms with Gasteiger partial charge in [0.25, 0.3) is 5.91 Å². The van der Waals surface area contributed by atoms with E-state index in [4.69, 9.17) is 0 Å². The van der Waals surface area contributed by atoms with E-state index in [1.54, 1.807) is 0 Å². The second kappa shape index (κ2) is 6.74. The molecule has 0 saturated heterocycles. The van der Waals surface area contributed by atoms with Gasteiger partial charge in [-0.1, -0.05) is 37.1 Å². The molecule has 28 heavy (non-hydrogen) atoms. The predicted molar refractivity (Wildman–Crippen MR) is 108 cm³/mol. The Morgan fingerprint density at radius 3 is 2.71 bits per heavy atom. The Balaban J connectivity index is 1.58. The summed E-state index contributed by atoms with van der Waals surface area (Å²) in [4.78, 5) is 15.2. The molecule has 3 aromatic rings. The first-order valence-electron chi connectivity index (χ1n) is 10.1. The van der Waals surface area contributed by atoms with E-state index in [1.165, 1.54) is 5.39 Å². The lowest BCUT2D eigenvalue weighted by molar-refractivity contribution is 0.0192. The molecule has 1 aliphatic heterocycles. The third-order valence-corrected chi connectivity index (χ3v) is 6.31. The van der Waals surface area contributed by atoms with Crippen LogP contribution >= 0.6 is 0 Å². The van der Waals surface area contributed by atoms with Crippen molar-refractivity contribution >= 4 is 16.7 Å². The van der Waals surface area contributed by atoms with Gasteiger partial charge in [-0.25, -0.2) is 0 Å². The van der Waals surface area contributed by atoms with Crippen molar-refractivity contribution in [3.63, 3.8) is 0 Å². The van der Waals surface area contributed by atoms with Crippen molar-refractivity contribution in [3.8, 4) is 0 Å². The summed E-state index contributed by atoms with van der Waals surface area (Å²) in [5.41, 5.74) is 4.20. The molecule has 2 unspecified atom stereocenters. The lowest BCUT2D eigenvalue weighted by Gasteiger charge is -2.35. The number of benzene rings is 2. The third kappa shape index (κ3) is 2.81. The van der Waals surface area contributed by atoms with Gasteiger partial charge in [0.1, 0.15) is 0 Å². The molecule has 5 rings (SSSR count). The number of hydrogen-bond donors (Lipinski definition) is 1. The fourth-order valence-corrected chi connectivity index (χ4v) is 4.92. The number of fused-ring (bicyclic) bond motifs is 3. The van der Waals surface area contributed by atoms with Gasteiger partial charge in [-0.05, 0) is 46.4 Å². The van der Waals surface area contributed by atoms with E-state index in [2.05, 4.69) is 29.4 Å². The minimum Gasteiger partial charge on any atom is -0.391 e. The Bertz CT molecular complexity index is 1060. The van der Waals surface area contributed by atoms with Crippen LogP contribution in [0.25, 0.3) is 10.8 Å². The van der Waals surface area contributed by atoms with E-state index >= 15 is 0 Å². The Labute approximate surface area is 164 Å². The zero-order valence-electron chi connectivity index (χ0n) is 16.1. The van der Waals surface area contributed by atoms with Crippen LogP contribution in [-0.2, 0) is 20.0 Å². The predicted octanol–water partition coefficient (Wildman–Crippen LogP) is 3.42. The number of hydrogen-bond acceptors (Lipinski definition) is 3. The highest BCUT2D eigenvalue weighted by Gasteiger charge is 2.38. The van der Waals surface area contributed by atoms with Crippen LogP contribution < -0.4 is 0 Å². The summed E-state index contributed by atoms with van der Waals surface area (Å²) in [6, 6.07) is 10.4. The molecule has 2 aromatic carbocycles. The number of aliphatic hydroxyl groups is 1. The maximum atomic E-state index is 13.3. The van der Waals surface area contributed by atoms with Crippen molar-refractivity contribution < 1.29 is 9.90 Å². The second-order valence-corrected chi connectivity index (χ2v) is 8.16. The first kappa shape index (κ1) is 17.4. The van der Waals surface area contributed by atoms with Gasteiger partial charge >= 0.3 is 0 Å². The summed E-state index contributed by atoms with van der Waals surface area (Å²) < 4.78 is 1.81. The van der Waals surface area contributed by atoms with E-state index in [9.17, 15) is 9.90 Å². The van der Waals surface area contributed by atoms with Crippen LogP contribution in [0, 0.1) is 0 Å². The molecule has 2 heterocycles. The molecule has 5 nitrogen and oxygen atoms in total.